The Balaban J connectivity index is 2.52. The first-order chi connectivity index (χ1) is 8.82. The van der Waals surface area contributed by atoms with E-state index in [0.717, 1.165) is 12.1 Å². The number of imidazole rings is 1. The number of rotatable bonds is 2. The first-order valence-corrected chi connectivity index (χ1v) is 5.70. The zero-order valence-electron chi connectivity index (χ0n) is 9.05. The van der Waals surface area contributed by atoms with Gasteiger partial charge in [0.25, 0.3) is 0 Å². The van der Waals surface area contributed by atoms with Gasteiger partial charge >= 0.3 is 6.18 Å². The van der Waals surface area contributed by atoms with E-state index in [1.807, 2.05) is 0 Å². The van der Waals surface area contributed by atoms with E-state index in [9.17, 15) is 22.4 Å². The molecule has 0 aliphatic carbocycles. The molecule has 2 rings (SSSR count). The van der Waals surface area contributed by atoms with Gasteiger partial charge in [0.05, 0.1) is 5.56 Å². The summed E-state index contributed by atoms with van der Waals surface area (Å²) in [5.74, 6) is -1.12. The third-order valence-electron chi connectivity index (χ3n) is 2.34. The molecule has 2 aromatic rings. The summed E-state index contributed by atoms with van der Waals surface area (Å²) >= 11 is 3.02. The standard InChI is InChI=1S/C11H5BrF4N2O/c12-10-9(17-8(4-19)18-10)6-2-1-5(3-7(6)13)11(14,15)16/h1-4H,(H,17,18). The number of aromatic amines is 1. The van der Waals surface area contributed by atoms with Crippen LogP contribution in [0, 0.1) is 5.82 Å². The molecule has 1 aromatic carbocycles. The number of carbonyl (C=O) groups is 1. The van der Waals surface area contributed by atoms with Gasteiger partial charge in [-0.1, -0.05) is 0 Å². The maximum atomic E-state index is 13.7. The van der Waals surface area contributed by atoms with Crippen molar-refractivity contribution in [1.82, 2.24) is 9.97 Å². The van der Waals surface area contributed by atoms with Crippen LogP contribution >= 0.6 is 15.9 Å². The van der Waals surface area contributed by atoms with Gasteiger partial charge in [0, 0.05) is 5.56 Å². The highest BCUT2D eigenvalue weighted by Gasteiger charge is 2.31. The molecule has 19 heavy (non-hydrogen) atoms. The van der Waals surface area contributed by atoms with Gasteiger partial charge < -0.3 is 4.98 Å². The van der Waals surface area contributed by atoms with Gasteiger partial charge in [-0.3, -0.25) is 4.79 Å². The summed E-state index contributed by atoms with van der Waals surface area (Å²) in [5, 5.41) is 0. The second kappa shape index (κ2) is 4.76. The molecule has 0 aliphatic heterocycles. The first kappa shape index (κ1) is 13.7. The van der Waals surface area contributed by atoms with E-state index < -0.39 is 17.6 Å². The second-order valence-electron chi connectivity index (χ2n) is 3.59. The van der Waals surface area contributed by atoms with Crippen LogP contribution in [0.5, 0.6) is 0 Å². The summed E-state index contributed by atoms with van der Waals surface area (Å²) in [4.78, 5) is 16.8. The number of aromatic nitrogens is 2. The van der Waals surface area contributed by atoms with Crippen LogP contribution in [0.25, 0.3) is 11.3 Å². The third-order valence-corrected chi connectivity index (χ3v) is 2.91. The number of H-pyrrole nitrogens is 1. The van der Waals surface area contributed by atoms with Gasteiger partial charge in [-0.05, 0) is 34.1 Å². The highest BCUT2D eigenvalue weighted by Crippen LogP contribution is 2.34. The molecule has 3 nitrogen and oxygen atoms in total. The van der Waals surface area contributed by atoms with Crippen LogP contribution in [0.4, 0.5) is 17.6 Å². The van der Waals surface area contributed by atoms with Gasteiger partial charge in [0.1, 0.15) is 16.1 Å². The molecule has 1 heterocycles. The quantitative estimate of drug-likeness (QED) is 0.669. The van der Waals surface area contributed by atoms with Crippen LogP contribution in [0.3, 0.4) is 0 Å². The summed E-state index contributed by atoms with van der Waals surface area (Å²) in [6, 6.07) is 2.10. The van der Waals surface area contributed by atoms with Crippen molar-refractivity contribution in [1.29, 1.82) is 0 Å². The Hall–Kier alpha value is -1.70. The fraction of sp³-hybridized carbons (Fsp3) is 0.0909. The molecule has 0 amide bonds. The Labute approximate surface area is 112 Å². The van der Waals surface area contributed by atoms with E-state index in [-0.39, 0.29) is 21.7 Å². The lowest BCUT2D eigenvalue weighted by atomic mass is 10.1. The van der Waals surface area contributed by atoms with Crippen molar-refractivity contribution in [2.75, 3.05) is 0 Å². The van der Waals surface area contributed by atoms with Crippen molar-refractivity contribution in [3.8, 4) is 11.3 Å². The average molecular weight is 337 g/mol. The lowest BCUT2D eigenvalue weighted by Crippen LogP contribution is -2.05. The Morgan fingerprint density at radius 2 is 2.00 bits per heavy atom. The van der Waals surface area contributed by atoms with E-state index in [2.05, 4.69) is 25.9 Å². The SMILES string of the molecule is O=Cc1nc(-c2ccc(C(F)(F)F)cc2F)c(Br)[nH]1. The van der Waals surface area contributed by atoms with Crippen molar-refractivity contribution < 1.29 is 22.4 Å². The van der Waals surface area contributed by atoms with Crippen LogP contribution in [-0.4, -0.2) is 16.3 Å². The lowest BCUT2D eigenvalue weighted by Gasteiger charge is -2.08. The molecule has 0 aliphatic rings. The number of aldehydes is 1. The van der Waals surface area contributed by atoms with Crippen LogP contribution in [0.2, 0.25) is 0 Å². The van der Waals surface area contributed by atoms with Crippen molar-refractivity contribution >= 4 is 22.2 Å². The Morgan fingerprint density at radius 1 is 1.32 bits per heavy atom. The highest BCUT2D eigenvalue weighted by molar-refractivity contribution is 9.10. The second-order valence-corrected chi connectivity index (χ2v) is 4.39. The Bertz CT molecular complexity index is 636. The van der Waals surface area contributed by atoms with Crippen LogP contribution in [-0.2, 0) is 6.18 Å². The lowest BCUT2D eigenvalue weighted by molar-refractivity contribution is -0.137. The predicted octanol–water partition coefficient (Wildman–Crippen LogP) is 3.81. The molecule has 0 radical (unpaired) electrons. The van der Waals surface area contributed by atoms with E-state index in [1.54, 1.807) is 0 Å². The van der Waals surface area contributed by atoms with E-state index in [0.29, 0.717) is 12.4 Å². The zero-order chi connectivity index (χ0) is 14.2. The van der Waals surface area contributed by atoms with Gasteiger partial charge in [-0.2, -0.15) is 13.2 Å². The molecule has 0 spiro atoms. The van der Waals surface area contributed by atoms with Crippen molar-refractivity contribution in [3.63, 3.8) is 0 Å². The van der Waals surface area contributed by atoms with Gasteiger partial charge in [0.2, 0.25) is 0 Å². The number of nitrogens with one attached hydrogen (secondary N) is 1. The highest BCUT2D eigenvalue weighted by atomic mass is 79.9. The number of hydrogen-bond donors (Lipinski definition) is 1. The molecule has 0 fully saturated rings. The van der Waals surface area contributed by atoms with E-state index in [1.165, 1.54) is 0 Å². The van der Waals surface area contributed by atoms with Crippen molar-refractivity contribution in [2.45, 2.75) is 6.18 Å². The van der Waals surface area contributed by atoms with Crippen LogP contribution < -0.4 is 0 Å². The molecule has 1 N–H and O–H groups in total. The van der Waals surface area contributed by atoms with Crippen molar-refractivity contribution in [2.24, 2.45) is 0 Å². The van der Waals surface area contributed by atoms with Gasteiger partial charge in [-0.15, -0.1) is 0 Å². The monoisotopic (exact) mass is 336 g/mol. The third kappa shape index (κ3) is 2.67. The molecule has 0 atom stereocenters. The van der Waals surface area contributed by atoms with Gasteiger partial charge in [0.15, 0.2) is 12.1 Å². The molecule has 0 saturated carbocycles. The molecule has 1 aromatic heterocycles. The molecular formula is C11H5BrF4N2O. The number of alkyl halides is 3. The number of hydrogen-bond acceptors (Lipinski definition) is 2. The topological polar surface area (TPSA) is 45.8 Å². The van der Waals surface area contributed by atoms with Crippen LogP contribution in [0.1, 0.15) is 16.2 Å². The first-order valence-electron chi connectivity index (χ1n) is 4.90. The maximum Gasteiger partial charge on any atom is 0.416 e. The predicted molar refractivity (Wildman–Crippen MR) is 62.1 cm³/mol. The van der Waals surface area contributed by atoms with E-state index >= 15 is 0 Å². The number of halogens is 5. The van der Waals surface area contributed by atoms with E-state index in [4.69, 9.17) is 0 Å². The fourth-order valence-corrected chi connectivity index (χ4v) is 1.99. The summed E-state index contributed by atoms with van der Waals surface area (Å²) in [7, 11) is 0. The number of carbonyl (C=O) groups excluding carboxylic acids is 1. The molecule has 100 valence electrons. The number of nitrogens with zero attached hydrogens (tertiary/aromatic N) is 1. The fourth-order valence-electron chi connectivity index (χ4n) is 1.49. The van der Waals surface area contributed by atoms with Gasteiger partial charge in [-0.25, -0.2) is 9.37 Å². The summed E-state index contributed by atoms with van der Waals surface area (Å²) in [6.45, 7) is 0. The summed E-state index contributed by atoms with van der Waals surface area (Å²) in [5.41, 5.74) is -1.19. The normalized spacial score (nSPS) is 11.6. The minimum atomic E-state index is -4.61. The number of benzene rings is 1. The molecule has 0 saturated heterocycles. The van der Waals surface area contributed by atoms with Crippen molar-refractivity contribution in [3.05, 3.63) is 40.0 Å². The minimum Gasteiger partial charge on any atom is -0.330 e. The summed E-state index contributed by atoms with van der Waals surface area (Å²) < 4.78 is 51.1. The smallest absolute Gasteiger partial charge is 0.330 e. The summed E-state index contributed by atoms with van der Waals surface area (Å²) in [6.07, 6.45) is -4.20. The van der Waals surface area contributed by atoms with Crippen LogP contribution in [0.15, 0.2) is 22.8 Å². The largest absolute Gasteiger partial charge is 0.416 e. The average Bonchev–Trinajstić information content (AvgIpc) is 2.69. The molecular weight excluding hydrogens is 332 g/mol. The minimum absolute atomic E-state index is 0.0355. The Morgan fingerprint density at radius 3 is 2.47 bits per heavy atom. The Kier molecular flexibility index (Phi) is 3.44. The zero-order valence-corrected chi connectivity index (χ0v) is 10.6. The molecule has 0 bridgehead atoms. The molecule has 0 unspecified atom stereocenters. The molecule has 8 heteroatoms. The maximum absolute atomic E-state index is 13.7.